The lowest BCUT2D eigenvalue weighted by Crippen LogP contribution is -2.42. The van der Waals surface area contributed by atoms with Crippen LogP contribution >= 0.6 is 0 Å². The molecule has 0 radical (unpaired) electrons. The highest BCUT2D eigenvalue weighted by molar-refractivity contribution is 5.04. The van der Waals surface area contributed by atoms with Gasteiger partial charge in [-0.25, -0.2) is 0 Å². The predicted molar refractivity (Wildman–Crippen MR) is 66.4 cm³/mol. The van der Waals surface area contributed by atoms with Gasteiger partial charge in [0.2, 0.25) is 0 Å². The molecule has 3 heteroatoms. The van der Waals surface area contributed by atoms with Crippen LogP contribution in [0.2, 0.25) is 0 Å². The van der Waals surface area contributed by atoms with Crippen LogP contribution in [-0.4, -0.2) is 40.7 Å². The first-order valence-corrected chi connectivity index (χ1v) is 5.78. The lowest BCUT2D eigenvalue weighted by Gasteiger charge is -2.35. The number of rotatable bonds is 6. The van der Waals surface area contributed by atoms with Gasteiger partial charge in [0.15, 0.2) is 0 Å². The number of nitrogens with zero attached hydrogens (tertiary/aromatic N) is 2. The third-order valence-electron chi connectivity index (χ3n) is 3.19. The summed E-state index contributed by atoms with van der Waals surface area (Å²) in [6.07, 6.45) is 3.58. The Kier molecular flexibility index (Phi) is 4.90. The molecule has 0 aliphatic rings. The Labute approximate surface area is 98.1 Å². The Hall–Kier alpha value is -0.930. The molecule has 0 saturated heterocycles. The monoisotopic (exact) mass is 222 g/mol. The van der Waals surface area contributed by atoms with Crippen LogP contribution < -0.4 is 0 Å². The molecule has 16 heavy (non-hydrogen) atoms. The fourth-order valence-electron chi connectivity index (χ4n) is 1.60. The number of hydrogen-bond donors (Lipinski definition) is 1. The van der Waals surface area contributed by atoms with Gasteiger partial charge in [-0.2, -0.15) is 0 Å². The summed E-state index contributed by atoms with van der Waals surface area (Å²) < 4.78 is 0. The SMILES string of the molecule is CN(CCc1ccccn1)C(C)(C)CCO. The van der Waals surface area contributed by atoms with Gasteiger partial charge in [0.25, 0.3) is 0 Å². The van der Waals surface area contributed by atoms with Crippen molar-refractivity contribution in [1.29, 1.82) is 0 Å². The molecule has 1 aromatic rings. The van der Waals surface area contributed by atoms with E-state index in [0.29, 0.717) is 0 Å². The van der Waals surface area contributed by atoms with Gasteiger partial charge < -0.3 is 10.0 Å². The van der Waals surface area contributed by atoms with Crippen LogP contribution in [-0.2, 0) is 6.42 Å². The number of hydrogen-bond acceptors (Lipinski definition) is 3. The van der Waals surface area contributed by atoms with Crippen LogP contribution in [0, 0.1) is 0 Å². The molecule has 0 atom stereocenters. The van der Waals surface area contributed by atoms with Gasteiger partial charge in [0.1, 0.15) is 0 Å². The zero-order valence-corrected chi connectivity index (χ0v) is 10.5. The van der Waals surface area contributed by atoms with E-state index in [1.807, 2.05) is 24.4 Å². The molecule has 0 saturated carbocycles. The van der Waals surface area contributed by atoms with Crippen molar-refractivity contribution in [3.05, 3.63) is 30.1 Å². The standard InChI is InChI=1S/C13H22N2O/c1-13(2,8-11-16)15(3)10-7-12-6-4-5-9-14-12/h4-6,9,16H,7-8,10-11H2,1-3H3. The Bertz CT molecular complexity index is 298. The van der Waals surface area contributed by atoms with E-state index in [-0.39, 0.29) is 12.1 Å². The number of aromatic nitrogens is 1. The van der Waals surface area contributed by atoms with E-state index in [2.05, 4.69) is 30.8 Å². The minimum absolute atomic E-state index is 0.0452. The predicted octanol–water partition coefficient (Wildman–Crippen LogP) is 1.72. The van der Waals surface area contributed by atoms with Gasteiger partial charge in [-0.05, 0) is 39.4 Å². The maximum Gasteiger partial charge on any atom is 0.0448 e. The second-order valence-corrected chi connectivity index (χ2v) is 4.78. The van der Waals surface area contributed by atoms with Gasteiger partial charge in [-0.15, -0.1) is 0 Å². The van der Waals surface area contributed by atoms with Crippen molar-refractivity contribution in [3.63, 3.8) is 0 Å². The first-order chi connectivity index (χ1) is 7.56. The summed E-state index contributed by atoms with van der Waals surface area (Å²) in [6.45, 7) is 5.51. The summed E-state index contributed by atoms with van der Waals surface area (Å²) in [7, 11) is 2.10. The first-order valence-electron chi connectivity index (χ1n) is 5.78. The van der Waals surface area contributed by atoms with Crippen LogP contribution in [0.4, 0.5) is 0 Å². The summed E-state index contributed by atoms with van der Waals surface area (Å²) in [5.74, 6) is 0. The van der Waals surface area contributed by atoms with Crippen molar-refractivity contribution in [2.45, 2.75) is 32.2 Å². The molecule has 90 valence electrons. The Morgan fingerprint density at radius 2 is 2.12 bits per heavy atom. The van der Waals surface area contributed by atoms with Crippen LogP contribution in [0.5, 0.6) is 0 Å². The van der Waals surface area contributed by atoms with Gasteiger partial charge in [0.05, 0.1) is 0 Å². The fraction of sp³-hybridized carbons (Fsp3) is 0.615. The van der Waals surface area contributed by atoms with E-state index in [0.717, 1.165) is 25.1 Å². The van der Waals surface area contributed by atoms with E-state index >= 15 is 0 Å². The summed E-state index contributed by atoms with van der Waals surface area (Å²) in [5, 5.41) is 9.00. The molecule has 1 heterocycles. The lowest BCUT2D eigenvalue weighted by atomic mass is 9.99. The lowest BCUT2D eigenvalue weighted by molar-refractivity contribution is 0.117. The molecule has 0 aliphatic heterocycles. The first kappa shape index (κ1) is 13.1. The maximum absolute atomic E-state index is 9.00. The van der Waals surface area contributed by atoms with Gasteiger partial charge >= 0.3 is 0 Å². The molecule has 0 fully saturated rings. The molecule has 0 bridgehead atoms. The summed E-state index contributed by atoms with van der Waals surface area (Å²) in [5.41, 5.74) is 1.16. The van der Waals surface area contributed by atoms with Gasteiger partial charge in [0, 0.05) is 37.0 Å². The van der Waals surface area contributed by atoms with Crippen molar-refractivity contribution in [2.24, 2.45) is 0 Å². The van der Waals surface area contributed by atoms with Gasteiger partial charge in [-0.3, -0.25) is 4.98 Å². The summed E-state index contributed by atoms with van der Waals surface area (Å²) >= 11 is 0. The Morgan fingerprint density at radius 3 is 2.69 bits per heavy atom. The third-order valence-corrected chi connectivity index (χ3v) is 3.19. The second kappa shape index (κ2) is 5.97. The van der Waals surface area contributed by atoms with E-state index in [9.17, 15) is 0 Å². The van der Waals surface area contributed by atoms with Crippen LogP contribution in [0.1, 0.15) is 26.0 Å². The number of pyridine rings is 1. The molecule has 3 nitrogen and oxygen atoms in total. The quantitative estimate of drug-likeness (QED) is 0.796. The Balaban J connectivity index is 2.43. The summed E-state index contributed by atoms with van der Waals surface area (Å²) in [6, 6.07) is 6.00. The van der Waals surface area contributed by atoms with E-state index < -0.39 is 0 Å². The molecule has 0 amide bonds. The smallest absolute Gasteiger partial charge is 0.0448 e. The number of aliphatic hydroxyl groups excluding tert-OH is 1. The van der Waals surface area contributed by atoms with Crippen molar-refractivity contribution >= 4 is 0 Å². The zero-order valence-electron chi connectivity index (χ0n) is 10.5. The summed E-state index contributed by atoms with van der Waals surface area (Å²) in [4.78, 5) is 6.58. The normalized spacial score (nSPS) is 12.1. The van der Waals surface area contributed by atoms with E-state index in [4.69, 9.17) is 5.11 Å². The van der Waals surface area contributed by atoms with Crippen molar-refractivity contribution in [1.82, 2.24) is 9.88 Å². The molecule has 0 aliphatic carbocycles. The highest BCUT2D eigenvalue weighted by atomic mass is 16.3. The van der Waals surface area contributed by atoms with Gasteiger partial charge in [-0.1, -0.05) is 6.07 Å². The largest absolute Gasteiger partial charge is 0.396 e. The molecular weight excluding hydrogens is 200 g/mol. The molecule has 1 N–H and O–H groups in total. The topological polar surface area (TPSA) is 36.4 Å². The van der Waals surface area contributed by atoms with Crippen LogP contribution in [0.15, 0.2) is 24.4 Å². The van der Waals surface area contributed by atoms with Crippen LogP contribution in [0.25, 0.3) is 0 Å². The minimum atomic E-state index is 0.0452. The third kappa shape index (κ3) is 3.91. The maximum atomic E-state index is 9.00. The second-order valence-electron chi connectivity index (χ2n) is 4.78. The van der Waals surface area contributed by atoms with Crippen molar-refractivity contribution in [3.8, 4) is 0 Å². The number of aliphatic hydroxyl groups is 1. The van der Waals surface area contributed by atoms with Crippen LogP contribution in [0.3, 0.4) is 0 Å². The van der Waals surface area contributed by atoms with E-state index in [1.54, 1.807) is 0 Å². The molecule has 1 aromatic heterocycles. The average Bonchev–Trinajstić information content (AvgIpc) is 2.27. The highest BCUT2D eigenvalue weighted by Gasteiger charge is 2.22. The highest BCUT2D eigenvalue weighted by Crippen LogP contribution is 2.16. The molecule has 1 rings (SSSR count). The fourth-order valence-corrected chi connectivity index (χ4v) is 1.60. The molecule has 0 unspecified atom stereocenters. The average molecular weight is 222 g/mol. The molecule has 0 aromatic carbocycles. The molecule has 0 spiro atoms. The van der Waals surface area contributed by atoms with E-state index in [1.165, 1.54) is 0 Å². The zero-order chi connectivity index (χ0) is 12.0. The minimum Gasteiger partial charge on any atom is -0.396 e. The molecular formula is C13H22N2O. The number of likely N-dealkylation sites (N-methyl/N-ethyl adjacent to an activating group) is 1. The Morgan fingerprint density at radius 1 is 1.38 bits per heavy atom. The van der Waals surface area contributed by atoms with Crippen molar-refractivity contribution in [2.75, 3.05) is 20.2 Å². The van der Waals surface area contributed by atoms with Crippen molar-refractivity contribution < 1.29 is 5.11 Å².